The third-order valence-electron chi connectivity index (χ3n) is 4.16. The molecular weight excluding hydrogens is 364 g/mol. The summed E-state index contributed by atoms with van der Waals surface area (Å²) in [6.07, 6.45) is -5.21. The minimum Gasteiger partial charge on any atom is -0.490 e. The summed E-state index contributed by atoms with van der Waals surface area (Å²) in [4.78, 5) is 15.3. The lowest BCUT2D eigenvalue weighted by molar-refractivity contribution is -0.0888. The quantitative estimate of drug-likeness (QED) is 0.594. The highest BCUT2D eigenvalue weighted by molar-refractivity contribution is 5.99. The van der Waals surface area contributed by atoms with E-state index in [2.05, 4.69) is 4.98 Å². The van der Waals surface area contributed by atoms with Crippen LogP contribution in [0, 0.1) is 5.82 Å². The maximum Gasteiger partial charge on any atom is 0.456 e. The number of aromatic nitrogens is 1. The summed E-state index contributed by atoms with van der Waals surface area (Å²) in [5, 5.41) is 0. The van der Waals surface area contributed by atoms with Crippen LogP contribution in [0.25, 0.3) is 11.3 Å². The summed E-state index contributed by atoms with van der Waals surface area (Å²) >= 11 is 0. The highest BCUT2D eigenvalue weighted by Crippen LogP contribution is 2.45. The maximum absolute atomic E-state index is 13.5. The van der Waals surface area contributed by atoms with Crippen LogP contribution in [-0.2, 0) is 5.41 Å². The smallest absolute Gasteiger partial charge is 0.456 e. The molecule has 0 atom stereocenters. The molecule has 1 aromatic heterocycles. The van der Waals surface area contributed by atoms with E-state index in [1.165, 1.54) is 12.1 Å². The molecule has 0 saturated carbocycles. The van der Waals surface area contributed by atoms with E-state index < -0.39 is 48.8 Å². The maximum atomic E-state index is 13.5. The fourth-order valence-corrected chi connectivity index (χ4v) is 2.68. The fraction of sp³-hybridized carbons (Fsp3) is 0.294. The number of carbonyl (C=O) groups excluding carboxylic acids is 1. The molecule has 26 heavy (non-hydrogen) atoms. The van der Waals surface area contributed by atoms with Gasteiger partial charge in [0.25, 0.3) is 5.78 Å². The van der Waals surface area contributed by atoms with Gasteiger partial charge < -0.3 is 4.74 Å². The lowest BCUT2D eigenvalue weighted by Gasteiger charge is -2.20. The van der Waals surface area contributed by atoms with Crippen LogP contribution in [0.2, 0.25) is 0 Å². The molecule has 3 rings (SSSR count). The number of ether oxygens (including phenoxy) is 1. The van der Waals surface area contributed by atoms with Crippen molar-refractivity contribution in [1.82, 2.24) is 4.98 Å². The van der Waals surface area contributed by atoms with Crippen molar-refractivity contribution in [3.8, 4) is 17.0 Å². The highest BCUT2D eigenvalue weighted by atomic mass is 19.4. The molecule has 2 heterocycles. The zero-order valence-corrected chi connectivity index (χ0v) is 13.0. The fourth-order valence-electron chi connectivity index (χ4n) is 2.68. The van der Waals surface area contributed by atoms with Crippen LogP contribution in [0.15, 0.2) is 30.3 Å². The van der Waals surface area contributed by atoms with E-state index in [0.717, 1.165) is 12.1 Å². The average molecular weight is 375 g/mol. The van der Waals surface area contributed by atoms with Crippen molar-refractivity contribution in [2.24, 2.45) is 0 Å². The topological polar surface area (TPSA) is 39.2 Å². The molecule has 0 aliphatic carbocycles. The Kier molecular flexibility index (Phi) is 4.41. The summed E-state index contributed by atoms with van der Waals surface area (Å²) in [6, 6.07) is 5.22. The normalized spacial score (nSPS) is 15.5. The molecule has 138 valence electrons. The third-order valence-corrected chi connectivity index (χ3v) is 4.16. The Morgan fingerprint density at radius 3 is 2.31 bits per heavy atom. The van der Waals surface area contributed by atoms with Crippen LogP contribution >= 0.6 is 0 Å². The molecule has 0 radical (unpaired) electrons. The predicted octanol–water partition coefficient (Wildman–Crippen LogP) is 4.20. The van der Waals surface area contributed by atoms with E-state index in [1.54, 1.807) is 0 Å². The first-order chi connectivity index (χ1) is 12.2. The average Bonchev–Trinajstić information content (AvgIpc) is 2.99. The predicted molar refractivity (Wildman–Crippen MR) is 79.1 cm³/mol. The molecule has 1 aliphatic rings. The third kappa shape index (κ3) is 2.91. The summed E-state index contributed by atoms with van der Waals surface area (Å²) in [5.74, 6) is -2.97. The number of halogens is 6. The standard InChI is InChI=1S/C17H11F6NO2/c18-6-16(7-19)8-26-14-11(16)5-12(15(25)17(21,22)23)24-13(14)9-1-3-10(20)4-2-9/h1-5H,6-8H2. The van der Waals surface area contributed by atoms with E-state index in [-0.39, 0.29) is 22.6 Å². The van der Waals surface area contributed by atoms with Gasteiger partial charge in [-0.1, -0.05) is 0 Å². The van der Waals surface area contributed by atoms with Gasteiger partial charge in [0.1, 0.15) is 42.9 Å². The number of Topliss-reactive ketones (excluding diaryl/α,β-unsaturated/α-hetero) is 1. The molecule has 2 aromatic rings. The van der Waals surface area contributed by atoms with E-state index >= 15 is 0 Å². The van der Waals surface area contributed by atoms with Gasteiger partial charge in [-0.2, -0.15) is 13.2 Å². The molecule has 0 N–H and O–H groups in total. The number of pyridine rings is 1. The van der Waals surface area contributed by atoms with Gasteiger partial charge >= 0.3 is 6.18 Å². The van der Waals surface area contributed by atoms with Gasteiger partial charge in [0.15, 0.2) is 0 Å². The highest BCUT2D eigenvalue weighted by Gasteiger charge is 2.46. The number of fused-ring (bicyclic) bond motifs is 1. The zero-order valence-electron chi connectivity index (χ0n) is 13.0. The summed E-state index contributed by atoms with van der Waals surface area (Å²) in [7, 11) is 0. The molecule has 0 fully saturated rings. The number of benzene rings is 1. The molecule has 1 aliphatic heterocycles. The Labute approximate surface area is 143 Å². The van der Waals surface area contributed by atoms with Crippen LogP contribution < -0.4 is 4.74 Å². The van der Waals surface area contributed by atoms with Gasteiger partial charge in [0.2, 0.25) is 0 Å². The van der Waals surface area contributed by atoms with Crippen molar-refractivity contribution in [2.75, 3.05) is 20.0 Å². The molecule has 0 amide bonds. The molecule has 9 heteroatoms. The van der Waals surface area contributed by atoms with Gasteiger partial charge in [-0.05, 0) is 30.3 Å². The minimum absolute atomic E-state index is 0.120. The molecule has 0 bridgehead atoms. The van der Waals surface area contributed by atoms with Crippen molar-refractivity contribution in [3.63, 3.8) is 0 Å². The molecule has 0 spiro atoms. The SMILES string of the molecule is O=C(c1cc2c(c(-c3ccc(F)cc3)n1)OCC2(CF)CF)C(F)(F)F. The van der Waals surface area contributed by atoms with Crippen molar-refractivity contribution in [3.05, 3.63) is 47.4 Å². The van der Waals surface area contributed by atoms with E-state index in [4.69, 9.17) is 4.74 Å². The first-order valence-corrected chi connectivity index (χ1v) is 7.39. The first-order valence-electron chi connectivity index (χ1n) is 7.39. The summed E-state index contributed by atoms with van der Waals surface area (Å²) < 4.78 is 83.8. The summed E-state index contributed by atoms with van der Waals surface area (Å²) in [5.41, 5.74) is -3.09. The Hall–Kier alpha value is -2.58. The molecule has 0 saturated heterocycles. The van der Waals surface area contributed by atoms with Crippen molar-refractivity contribution in [2.45, 2.75) is 11.6 Å². The van der Waals surface area contributed by atoms with Crippen molar-refractivity contribution >= 4 is 5.78 Å². The number of alkyl halides is 5. The van der Waals surface area contributed by atoms with E-state index in [0.29, 0.717) is 6.07 Å². The first kappa shape index (κ1) is 18.2. The zero-order chi connectivity index (χ0) is 19.1. The number of rotatable bonds is 4. The van der Waals surface area contributed by atoms with Crippen LogP contribution in [0.1, 0.15) is 16.1 Å². The van der Waals surface area contributed by atoms with Crippen molar-refractivity contribution in [1.29, 1.82) is 0 Å². The Bertz CT molecular complexity index is 844. The van der Waals surface area contributed by atoms with Gasteiger partial charge in [-0.15, -0.1) is 0 Å². The Balaban J connectivity index is 2.26. The number of hydrogen-bond donors (Lipinski definition) is 0. The monoisotopic (exact) mass is 375 g/mol. The van der Waals surface area contributed by atoms with E-state index in [1.807, 2.05) is 0 Å². The van der Waals surface area contributed by atoms with E-state index in [9.17, 15) is 31.1 Å². The molecular formula is C17H11F6NO2. The van der Waals surface area contributed by atoms with Crippen molar-refractivity contribution < 1.29 is 35.9 Å². The van der Waals surface area contributed by atoms with Gasteiger partial charge in [-0.3, -0.25) is 4.79 Å². The van der Waals surface area contributed by atoms with Crippen LogP contribution in [0.4, 0.5) is 26.3 Å². The minimum atomic E-state index is -5.21. The largest absolute Gasteiger partial charge is 0.490 e. The van der Waals surface area contributed by atoms with Gasteiger partial charge in [0.05, 0.1) is 5.41 Å². The Morgan fingerprint density at radius 1 is 1.15 bits per heavy atom. The second-order valence-electron chi connectivity index (χ2n) is 5.90. The second kappa shape index (κ2) is 6.30. The number of hydrogen-bond acceptors (Lipinski definition) is 3. The van der Waals surface area contributed by atoms with Gasteiger partial charge in [0, 0.05) is 11.1 Å². The molecule has 0 unspecified atom stereocenters. The second-order valence-corrected chi connectivity index (χ2v) is 5.90. The Morgan fingerprint density at radius 2 is 1.77 bits per heavy atom. The van der Waals surface area contributed by atoms with Crippen LogP contribution in [-0.4, -0.2) is 36.9 Å². The molecule has 3 nitrogen and oxygen atoms in total. The number of nitrogens with zero attached hydrogens (tertiary/aromatic N) is 1. The van der Waals surface area contributed by atoms with Gasteiger partial charge in [-0.25, -0.2) is 18.2 Å². The van der Waals surface area contributed by atoms with Crippen LogP contribution in [0.5, 0.6) is 5.75 Å². The van der Waals surface area contributed by atoms with Crippen LogP contribution in [0.3, 0.4) is 0 Å². The summed E-state index contributed by atoms with van der Waals surface area (Å²) in [6.45, 7) is -2.92. The number of ketones is 1. The lowest BCUT2D eigenvalue weighted by Crippen LogP contribution is -2.33. The lowest BCUT2D eigenvalue weighted by atomic mass is 9.84. The molecule has 1 aromatic carbocycles. The number of carbonyl (C=O) groups is 1.